The summed E-state index contributed by atoms with van der Waals surface area (Å²) in [4.78, 5) is 17.6. The average molecular weight is 468 g/mol. The summed E-state index contributed by atoms with van der Waals surface area (Å²) in [6.45, 7) is 2.67. The van der Waals surface area contributed by atoms with Gasteiger partial charge in [-0.3, -0.25) is 9.78 Å². The molecule has 5 heteroatoms. The van der Waals surface area contributed by atoms with Gasteiger partial charge in [-0.05, 0) is 74.2 Å². The third-order valence-corrected chi connectivity index (χ3v) is 6.09. The molecular formula is C30H33N3O2. The number of hydrogen-bond donors (Lipinski definition) is 2. The van der Waals surface area contributed by atoms with Crippen molar-refractivity contribution in [3.63, 3.8) is 0 Å². The minimum absolute atomic E-state index is 0.100. The lowest BCUT2D eigenvalue weighted by atomic mass is 10.00. The Morgan fingerprint density at radius 3 is 2.49 bits per heavy atom. The Bertz CT molecular complexity index is 1270. The van der Waals surface area contributed by atoms with Gasteiger partial charge in [-0.15, -0.1) is 0 Å². The zero-order valence-electron chi connectivity index (χ0n) is 20.3. The van der Waals surface area contributed by atoms with E-state index < -0.39 is 0 Å². The topological polar surface area (TPSA) is 77.2 Å². The Balaban J connectivity index is 1.25. The fraction of sp³-hybridized carbons (Fsp3) is 0.267. The van der Waals surface area contributed by atoms with Crippen LogP contribution in [-0.4, -0.2) is 17.5 Å². The van der Waals surface area contributed by atoms with Gasteiger partial charge in [0.15, 0.2) is 0 Å². The molecule has 0 unspecified atom stereocenters. The van der Waals surface area contributed by atoms with Gasteiger partial charge in [-0.2, -0.15) is 0 Å². The van der Waals surface area contributed by atoms with Crippen LogP contribution in [-0.2, 0) is 6.42 Å². The molecule has 4 rings (SSSR count). The van der Waals surface area contributed by atoms with Crippen LogP contribution in [0.1, 0.15) is 53.7 Å². The molecule has 4 aromatic rings. The SMILES string of the molecule is Cc1cc(N)c2cc(NC(=O)c3ccccc3CCCCCCCOc3ccccc3)ccc2n1. The number of para-hydroxylation sites is 1. The quantitative estimate of drug-likeness (QED) is 0.234. The van der Waals surface area contributed by atoms with E-state index in [0.29, 0.717) is 11.4 Å². The molecule has 0 spiro atoms. The van der Waals surface area contributed by atoms with Crippen LogP contribution >= 0.6 is 0 Å². The van der Waals surface area contributed by atoms with E-state index in [-0.39, 0.29) is 5.91 Å². The highest BCUT2D eigenvalue weighted by atomic mass is 16.5. The van der Waals surface area contributed by atoms with Crippen molar-refractivity contribution in [2.24, 2.45) is 0 Å². The monoisotopic (exact) mass is 467 g/mol. The molecule has 0 fully saturated rings. The zero-order valence-corrected chi connectivity index (χ0v) is 20.3. The van der Waals surface area contributed by atoms with Crippen molar-refractivity contribution in [3.05, 3.63) is 95.7 Å². The Kier molecular flexibility index (Phi) is 8.34. The highest BCUT2D eigenvalue weighted by Crippen LogP contribution is 2.25. The van der Waals surface area contributed by atoms with Crippen molar-refractivity contribution < 1.29 is 9.53 Å². The largest absolute Gasteiger partial charge is 0.494 e. The van der Waals surface area contributed by atoms with Crippen LogP contribution in [0.4, 0.5) is 11.4 Å². The molecule has 5 nitrogen and oxygen atoms in total. The van der Waals surface area contributed by atoms with Crippen molar-refractivity contribution in [2.75, 3.05) is 17.7 Å². The van der Waals surface area contributed by atoms with E-state index in [1.807, 2.05) is 85.8 Å². The van der Waals surface area contributed by atoms with E-state index in [9.17, 15) is 4.79 Å². The Morgan fingerprint density at radius 1 is 0.886 bits per heavy atom. The first-order valence-electron chi connectivity index (χ1n) is 12.3. The van der Waals surface area contributed by atoms with Crippen LogP contribution in [0, 0.1) is 6.92 Å². The molecule has 3 N–H and O–H groups in total. The molecule has 0 saturated heterocycles. The van der Waals surface area contributed by atoms with Gasteiger partial charge in [0.05, 0.1) is 12.1 Å². The third-order valence-electron chi connectivity index (χ3n) is 6.09. The van der Waals surface area contributed by atoms with Crippen LogP contribution in [0.3, 0.4) is 0 Å². The summed E-state index contributed by atoms with van der Waals surface area (Å²) in [5, 5.41) is 3.88. The standard InChI is InChI=1S/C30H33N3O2/c1-22-20-28(31)27-21-24(17-18-29(27)32-22)33-30(34)26-16-10-9-13-23(26)12-6-3-2-4-11-19-35-25-14-7-5-8-15-25/h5,7-10,13-18,20-21H,2-4,6,11-12,19H2,1H3,(H2,31,32)(H,33,34). The van der Waals surface area contributed by atoms with Crippen molar-refractivity contribution in [3.8, 4) is 5.75 Å². The highest BCUT2D eigenvalue weighted by molar-refractivity contribution is 6.06. The first-order valence-corrected chi connectivity index (χ1v) is 12.3. The molecule has 1 heterocycles. The third kappa shape index (κ3) is 6.82. The van der Waals surface area contributed by atoms with E-state index in [2.05, 4.69) is 10.3 Å². The summed E-state index contributed by atoms with van der Waals surface area (Å²) in [6, 6.07) is 25.3. The summed E-state index contributed by atoms with van der Waals surface area (Å²) in [5.41, 5.74) is 11.0. The lowest BCUT2D eigenvalue weighted by Crippen LogP contribution is -2.14. The number of aromatic nitrogens is 1. The number of nitrogens with zero attached hydrogens (tertiary/aromatic N) is 1. The predicted molar refractivity (Wildman–Crippen MR) is 144 cm³/mol. The van der Waals surface area contributed by atoms with E-state index in [0.717, 1.165) is 72.2 Å². The molecule has 180 valence electrons. The van der Waals surface area contributed by atoms with Gasteiger partial charge in [-0.1, -0.05) is 55.7 Å². The van der Waals surface area contributed by atoms with Crippen LogP contribution in [0.5, 0.6) is 5.75 Å². The minimum Gasteiger partial charge on any atom is -0.494 e. The lowest BCUT2D eigenvalue weighted by Gasteiger charge is -2.12. The number of carbonyl (C=O) groups is 1. The number of nitrogen functional groups attached to an aromatic ring is 1. The molecule has 35 heavy (non-hydrogen) atoms. The van der Waals surface area contributed by atoms with Gasteiger partial charge in [0.2, 0.25) is 0 Å². The maximum Gasteiger partial charge on any atom is 0.255 e. The number of nitrogens with two attached hydrogens (primary N) is 1. The van der Waals surface area contributed by atoms with Crippen molar-refractivity contribution in [1.29, 1.82) is 0 Å². The second-order valence-electron chi connectivity index (χ2n) is 8.88. The number of aryl methyl sites for hydroxylation is 2. The van der Waals surface area contributed by atoms with Gasteiger partial charge in [-0.25, -0.2) is 0 Å². The van der Waals surface area contributed by atoms with Gasteiger partial charge >= 0.3 is 0 Å². The second kappa shape index (κ2) is 12.0. The molecule has 0 radical (unpaired) electrons. The summed E-state index contributed by atoms with van der Waals surface area (Å²) >= 11 is 0. The van der Waals surface area contributed by atoms with E-state index in [1.165, 1.54) is 6.42 Å². The van der Waals surface area contributed by atoms with E-state index >= 15 is 0 Å². The number of ether oxygens (including phenoxy) is 1. The molecule has 0 aliphatic carbocycles. The first-order chi connectivity index (χ1) is 17.1. The van der Waals surface area contributed by atoms with Crippen molar-refractivity contribution in [2.45, 2.75) is 45.4 Å². The Labute approximate surface area is 207 Å². The van der Waals surface area contributed by atoms with Crippen molar-refractivity contribution in [1.82, 2.24) is 4.98 Å². The molecule has 1 amide bonds. The number of fused-ring (bicyclic) bond motifs is 1. The summed E-state index contributed by atoms with van der Waals surface area (Å²) < 4.78 is 5.75. The average Bonchev–Trinajstić information content (AvgIpc) is 2.87. The van der Waals surface area contributed by atoms with Gasteiger partial charge in [0, 0.05) is 28.0 Å². The first kappa shape index (κ1) is 24.3. The van der Waals surface area contributed by atoms with Crippen LogP contribution in [0.25, 0.3) is 10.9 Å². The van der Waals surface area contributed by atoms with Gasteiger partial charge in [0.1, 0.15) is 5.75 Å². The number of anilines is 2. The number of hydrogen-bond acceptors (Lipinski definition) is 4. The number of nitrogens with one attached hydrogen (secondary N) is 1. The molecule has 3 aromatic carbocycles. The Hall–Kier alpha value is -3.86. The fourth-order valence-corrected chi connectivity index (χ4v) is 4.28. The summed E-state index contributed by atoms with van der Waals surface area (Å²) in [7, 11) is 0. The normalized spacial score (nSPS) is 10.9. The molecule has 0 bridgehead atoms. The maximum atomic E-state index is 13.1. The van der Waals surface area contributed by atoms with Gasteiger partial charge < -0.3 is 15.8 Å². The number of pyridine rings is 1. The molecule has 0 aliphatic rings. The maximum absolute atomic E-state index is 13.1. The molecule has 0 aliphatic heterocycles. The number of amides is 1. The van der Waals surface area contributed by atoms with Crippen LogP contribution in [0.15, 0.2) is 78.9 Å². The number of rotatable bonds is 11. The molecule has 0 saturated carbocycles. The smallest absolute Gasteiger partial charge is 0.255 e. The number of unbranched alkanes of at least 4 members (excludes halogenated alkanes) is 4. The number of carbonyl (C=O) groups excluding carboxylic acids is 1. The Morgan fingerprint density at radius 2 is 1.63 bits per heavy atom. The lowest BCUT2D eigenvalue weighted by molar-refractivity contribution is 0.102. The minimum atomic E-state index is -0.100. The predicted octanol–water partition coefficient (Wildman–Crippen LogP) is 6.95. The van der Waals surface area contributed by atoms with Gasteiger partial charge in [0.25, 0.3) is 5.91 Å². The highest BCUT2D eigenvalue weighted by Gasteiger charge is 2.12. The molecular weight excluding hydrogens is 434 g/mol. The van der Waals surface area contributed by atoms with Crippen molar-refractivity contribution >= 4 is 28.2 Å². The zero-order chi connectivity index (χ0) is 24.5. The van der Waals surface area contributed by atoms with E-state index in [1.54, 1.807) is 0 Å². The summed E-state index contributed by atoms with van der Waals surface area (Å²) in [5.74, 6) is 0.831. The molecule has 1 aromatic heterocycles. The second-order valence-corrected chi connectivity index (χ2v) is 8.88. The molecule has 0 atom stereocenters. The number of benzene rings is 3. The van der Waals surface area contributed by atoms with Crippen LogP contribution < -0.4 is 15.8 Å². The van der Waals surface area contributed by atoms with E-state index in [4.69, 9.17) is 10.5 Å². The summed E-state index contributed by atoms with van der Waals surface area (Å²) in [6.07, 6.45) is 6.45. The fourth-order valence-electron chi connectivity index (χ4n) is 4.28. The van der Waals surface area contributed by atoms with Crippen LogP contribution in [0.2, 0.25) is 0 Å².